The number of carboxylic acids is 3. The largest absolute Gasteiger partial charge is 0.480 e. The molecule has 0 aliphatic heterocycles. The van der Waals surface area contributed by atoms with Gasteiger partial charge in [-0.05, 0) is 36.4 Å². The molecule has 248 valence electrons. The van der Waals surface area contributed by atoms with E-state index in [1.54, 1.807) is 72.8 Å². The number of rotatable bonds is 12. The third-order valence-corrected chi connectivity index (χ3v) is 5.95. The number of Topliss-reactive ketones (excluding diaryl/α,β-unsaturated/α-hetero) is 3. The van der Waals surface area contributed by atoms with Gasteiger partial charge in [0.05, 0.1) is 0 Å². The quantitative estimate of drug-likeness (QED) is 0.0922. The van der Waals surface area contributed by atoms with E-state index in [0.717, 1.165) is 0 Å². The molecular weight excluding hydrogens is 604 g/mol. The summed E-state index contributed by atoms with van der Waals surface area (Å²) in [6.45, 7) is 0. The van der Waals surface area contributed by atoms with Crippen molar-refractivity contribution in [3.63, 3.8) is 0 Å². The van der Waals surface area contributed by atoms with Crippen LogP contribution in [-0.4, -0.2) is 74.2 Å². The number of hydrogen-bond acceptors (Lipinski definition) is 12. The Labute approximate surface area is 263 Å². The third-order valence-electron chi connectivity index (χ3n) is 5.95. The standard InChI is InChI=1S/3C10H12N2O3.H2O/c3*11-7-4-2-1-3-6(7)9(13)5-8(12)10(14)15;/h3*1-4,8H,5,11-12H2,(H,14,15);1H2/t3*8-;/m000./s1. The van der Waals surface area contributed by atoms with Gasteiger partial charge in [0, 0.05) is 53.0 Å². The van der Waals surface area contributed by atoms with E-state index in [4.69, 9.17) is 49.7 Å². The molecule has 3 atom stereocenters. The summed E-state index contributed by atoms with van der Waals surface area (Å²) in [7, 11) is 0. The first-order valence-electron chi connectivity index (χ1n) is 13.1. The molecule has 16 heteroatoms. The smallest absolute Gasteiger partial charge is 0.320 e. The molecule has 3 aromatic carbocycles. The van der Waals surface area contributed by atoms with Gasteiger partial charge in [0.25, 0.3) is 0 Å². The van der Waals surface area contributed by atoms with E-state index in [1.165, 1.54) is 0 Å². The minimum atomic E-state index is -1.20. The van der Waals surface area contributed by atoms with Crippen molar-refractivity contribution in [1.29, 1.82) is 0 Å². The number of carbonyl (C=O) groups excluding carboxylic acids is 3. The third kappa shape index (κ3) is 13.3. The van der Waals surface area contributed by atoms with Crippen LogP contribution in [0.4, 0.5) is 17.1 Å². The molecule has 0 heterocycles. The average Bonchev–Trinajstić information content (AvgIpc) is 2.98. The summed E-state index contributed by atoms with van der Waals surface area (Å²) in [6, 6.07) is 15.9. The van der Waals surface area contributed by atoms with Gasteiger partial charge in [-0.25, -0.2) is 0 Å². The lowest BCUT2D eigenvalue weighted by atomic mass is 10.0. The second kappa shape index (κ2) is 19.6. The van der Waals surface area contributed by atoms with E-state index >= 15 is 0 Å². The van der Waals surface area contributed by atoms with Crippen LogP contribution in [0.3, 0.4) is 0 Å². The van der Waals surface area contributed by atoms with Gasteiger partial charge in [-0.15, -0.1) is 0 Å². The van der Waals surface area contributed by atoms with Gasteiger partial charge in [0.2, 0.25) is 0 Å². The minimum Gasteiger partial charge on any atom is -0.480 e. The van der Waals surface area contributed by atoms with Crippen LogP contribution in [0.5, 0.6) is 0 Å². The Morgan fingerprint density at radius 2 is 0.652 bits per heavy atom. The van der Waals surface area contributed by atoms with Crippen molar-refractivity contribution >= 4 is 52.3 Å². The van der Waals surface area contributed by atoms with Gasteiger partial charge in [-0.3, -0.25) is 28.8 Å². The summed E-state index contributed by atoms with van der Waals surface area (Å²) in [4.78, 5) is 66.0. The molecule has 0 spiro atoms. The summed E-state index contributed by atoms with van der Waals surface area (Å²) in [5, 5.41) is 25.6. The van der Waals surface area contributed by atoms with Crippen LogP contribution in [0.25, 0.3) is 0 Å². The Morgan fingerprint density at radius 3 is 0.826 bits per heavy atom. The summed E-state index contributed by atoms with van der Waals surface area (Å²) in [5.74, 6) is -4.66. The first kappa shape index (κ1) is 40.3. The molecule has 0 fully saturated rings. The van der Waals surface area contributed by atoms with Crippen LogP contribution in [0.2, 0.25) is 0 Å². The molecule has 17 N–H and O–H groups in total. The van der Waals surface area contributed by atoms with Gasteiger partial charge in [0.1, 0.15) is 18.1 Å². The van der Waals surface area contributed by atoms with E-state index in [9.17, 15) is 28.8 Å². The molecule has 16 nitrogen and oxygen atoms in total. The zero-order valence-corrected chi connectivity index (χ0v) is 24.5. The lowest BCUT2D eigenvalue weighted by Crippen LogP contribution is -2.32. The summed E-state index contributed by atoms with van der Waals surface area (Å²) < 4.78 is 0. The van der Waals surface area contributed by atoms with Crippen molar-refractivity contribution in [3.05, 3.63) is 89.5 Å². The lowest BCUT2D eigenvalue weighted by molar-refractivity contribution is -0.139. The number of nitrogen functional groups attached to an aromatic ring is 3. The van der Waals surface area contributed by atoms with Gasteiger partial charge >= 0.3 is 17.9 Å². The highest BCUT2D eigenvalue weighted by molar-refractivity contribution is 6.04. The Kier molecular flexibility index (Phi) is 17.2. The summed E-state index contributed by atoms with van der Waals surface area (Å²) >= 11 is 0. The fourth-order valence-electron chi connectivity index (χ4n) is 3.44. The number of hydrogen-bond donors (Lipinski definition) is 9. The zero-order chi connectivity index (χ0) is 34.3. The molecule has 3 rings (SSSR count). The van der Waals surface area contributed by atoms with E-state index in [0.29, 0.717) is 33.8 Å². The van der Waals surface area contributed by atoms with E-state index in [-0.39, 0.29) is 42.1 Å². The zero-order valence-electron chi connectivity index (χ0n) is 24.5. The van der Waals surface area contributed by atoms with Crippen molar-refractivity contribution in [2.45, 2.75) is 37.4 Å². The van der Waals surface area contributed by atoms with Crippen molar-refractivity contribution in [2.75, 3.05) is 17.2 Å². The Balaban J connectivity index is 0.000000653. The molecule has 0 amide bonds. The van der Waals surface area contributed by atoms with Gasteiger partial charge in [-0.2, -0.15) is 0 Å². The number of ketones is 3. The molecule has 0 radical (unpaired) electrons. The number of para-hydroxylation sites is 3. The number of anilines is 3. The van der Waals surface area contributed by atoms with Gasteiger partial charge in [0.15, 0.2) is 17.3 Å². The second-order valence-electron chi connectivity index (χ2n) is 9.48. The number of benzene rings is 3. The highest BCUT2D eigenvalue weighted by Crippen LogP contribution is 2.15. The summed E-state index contributed by atoms with van der Waals surface area (Å²) in [5.41, 5.74) is 34.4. The topological polar surface area (TPSA) is 351 Å². The maximum absolute atomic E-state index is 11.6. The van der Waals surface area contributed by atoms with E-state index < -0.39 is 36.0 Å². The van der Waals surface area contributed by atoms with Crippen LogP contribution in [0.15, 0.2) is 72.8 Å². The summed E-state index contributed by atoms with van der Waals surface area (Å²) in [6.07, 6.45) is -0.739. The number of carboxylic acid groups (broad SMARTS) is 3. The highest BCUT2D eigenvalue weighted by Gasteiger charge is 2.20. The Hall–Kier alpha value is -5.68. The maximum atomic E-state index is 11.6. The van der Waals surface area contributed by atoms with E-state index in [1.807, 2.05) is 0 Å². The van der Waals surface area contributed by atoms with Crippen LogP contribution in [-0.2, 0) is 14.4 Å². The molecule has 3 aromatic rings. The number of aliphatic carboxylic acids is 3. The first-order valence-corrected chi connectivity index (χ1v) is 13.1. The molecule has 0 unspecified atom stereocenters. The van der Waals surface area contributed by atoms with Crippen molar-refractivity contribution in [3.8, 4) is 0 Å². The lowest BCUT2D eigenvalue weighted by Gasteiger charge is -2.07. The first-order chi connectivity index (χ1) is 21.1. The fourth-order valence-corrected chi connectivity index (χ4v) is 3.44. The average molecular weight is 643 g/mol. The van der Waals surface area contributed by atoms with Crippen LogP contribution in [0.1, 0.15) is 50.3 Å². The van der Waals surface area contributed by atoms with Crippen LogP contribution < -0.4 is 34.4 Å². The molecule has 0 aliphatic rings. The van der Waals surface area contributed by atoms with Crippen molar-refractivity contribution < 1.29 is 49.6 Å². The number of carbonyl (C=O) groups is 6. The SMILES string of the molecule is Nc1ccccc1C(=O)C[C@H](N)C(=O)O.Nc1ccccc1C(=O)C[C@H](N)C(=O)O.Nc1ccccc1C(=O)C[C@H](N)C(=O)O.O. The predicted octanol–water partition coefficient (Wildman–Crippen LogP) is -0.0642. The molecule has 0 aliphatic carbocycles. The monoisotopic (exact) mass is 642 g/mol. The Morgan fingerprint density at radius 1 is 0.457 bits per heavy atom. The molecule has 0 saturated carbocycles. The van der Waals surface area contributed by atoms with E-state index in [2.05, 4.69) is 0 Å². The molecule has 0 bridgehead atoms. The predicted molar refractivity (Wildman–Crippen MR) is 170 cm³/mol. The highest BCUT2D eigenvalue weighted by atomic mass is 16.4. The maximum Gasteiger partial charge on any atom is 0.320 e. The van der Waals surface area contributed by atoms with Crippen LogP contribution >= 0.6 is 0 Å². The molecule has 0 aromatic heterocycles. The van der Waals surface area contributed by atoms with Gasteiger partial charge < -0.3 is 55.2 Å². The minimum absolute atomic E-state index is 0. The van der Waals surface area contributed by atoms with Crippen molar-refractivity contribution in [2.24, 2.45) is 17.2 Å². The second-order valence-corrected chi connectivity index (χ2v) is 9.48. The number of nitrogens with two attached hydrogens (primary N) is 6. The normalized spacial score (nSPS) is 11.8. The molecular formula is C30H38N6O10. The van der Waals surface area contributed by atoms with Gasteiger partial charge in [-0.1, -0.05) is 36.4 Å². The van der Waals surface area contributed by atoms with Crippen LogP contribution in [0, 0.1) is 0 Å². The molecule has 46 heavy (non-hydrogen) atoms. The molecule has 0 saturated heterocycles. The van der Waals surface area contributed by atoms with Crippen molar-refractivity contribution in [1.82, 2.24) is 0 Å². The fraction of sp³-hybridized carbons (Fsp3) is 0.200. The Bertz CT molecular complexity index is 1350.